The third-order valence-corrected chi connectivity index (χ3v) is 5.06. The van der Waals surface area contributed by atoms with Crippen molar-refractivity contribution in [3.63, 3.8) is 0 Å². The number of pyridine rings is 1. The van der Waals surface area contributed by atoms with Gasteiger partial charge in [-0.15, -0.1) is 0 Å². The number of piperidine rings is 1. The van der Waals surface area contributed by atoms with Crippen molar-refractivity contribution in [2.45, 2.75) is 25.5 Å². The highest BCUT2D eigenvalue weighted by Gasteiger charge is 2.48. The number of likely N-dealkylation sites (tertiary alicyclic amines) is 1. The van der Waals surface area contributed by atoms with E-state index in [0.717, 1.165) is 39.1 Å². The fourth-order valence-corrected chi connectivity index (χ4v) is 3.81. The number of halogens is 1. The standard InChI is InChI=1S/C18H21FN2O3/c19-15-2-1-6-20-17(15)24-13-18-5-9-23-16(18)3-7-21(12-18)10-14-4-8-22-11-14/h1-2,4,6,8,11,16H,3,5,7,9-10,12-13H2/t16-,18+/m0/s1. The lowest BCUT2D eigenvalue weighted by Crippen LogP contribution is -2.52. The second-order valence-corrected chi connectivity index (χ2v) is 6.68. The lowest BCUT2D eigenvalue weighted by atomic mass is 9.77. The molecule has 2 aromatic rings. The number of furan rings is 1. The van der Waals surface area contributed by atoms with Crippen LogP contribution in [0.5, 0.6) is 5.88 Å². The van der Waals surface area contributed by atoms with Gasteiger partial charge < -0.3 is 13.9 Å². The van der Waals surface area contributed by atoms with Crippen molar-refractivity contribution in [3.05, 3.63) is 48.3 Å². The number of aromatic nitrogens is 1. The molecule has 2 saturated heterocycles. The minimum atomic E-state index is -0.421. The van der Waals surface area contributed by atoms with Gasteiger partial charge in [-0.2, -0.15) is 0 Å². The molecule has 4 heterocycles. The lowest BCUT2D eigenvalue weighted by molar-refractivity contribution is -0.0426. The van der Waals surface area contributed by atoms with Crippen molar-refractivity contribution in [1.82, 2.24) is 9.88 Å². The maximum atomic E-state index is 13.8. The van der Waals surface area contributed by atoms with Gasteiger partial charge in [0.2, 0.25) is 5.88 Å². The zero-order chi connectivity index (χ0) is 16.4. The minimum Gasteiger partial charge on any atom is -0.475 e. The van der Waals surface area contributed by atoms with E-state index in [1.807, 2.05) is 6.07 Å². The zero-order valence-corrected chi connectivity index (χ0v) is 13.5. The predicted molar refractivity (Wildman–Crippen MR) is 85.1 cm³/mol. The van der Waals surface area contributed by atoms with E-state index in [-0.39, 0.29) is 17.4 Å². The van der Waals surface area contributed by atoms with Gasteiger partial charge in [0, 0.05) is 43.4 Å². The average molecular weight is 332 g/mol. The van der Waals surface area contributed by atoms with Crippen molar-refractivity contribution >= 4 is 0 Å². The van der Waals surface area contributed by atoms with Gasteiger partial charge in [-0.3, -0.25) is 4.90 Å². The van der Waals surface area contributed by atoms with Gasteiger partial charge in [0.05, 0.1) is 25.2 Å². The van der Waals surface area contributed by atoms with Crippen molar-refractivity contribution < 1.29 is 18.3 Å². The third-order valence-electron chi connectivity index (χ3n) is 5.06. The number of fused-ring (bicyclic) bond motifs is 1. The molecule has 128 valence electrons. The molecule has 0 unspecified atom stereocenters. The second-order valence-electron chi connectivity index (χ2n) is 6.68. The van der Waals surface area contributed by atoms with E-state index in [0.29, 0.717) is 6.61 Å². The number of hydrogen-bond donors (Lipinski definition) is 0. The Bertz CT molecular complexity index is 679. The van der Waals surface area contributed by atoms with E-state index in [9.17, 15) is 4.39 Å². The summed E-state index contributed by atoms with van der Waals surface area (Å²) in [7, 11) is 0. The van der Waals surface area contributed by atoms with Crippen LogP contribution in [-0.4, -0.2) is 42.3 Å². The van der Waals surface area contributed by atoms with Gasteiger partial charge in [-0.05, 0) is 31.0 Å². The molecular formula is C18H21FN2O3. The first-order valence-corrected chi connectivity index (χ1v) is 8.34. The first-order valence-electron chi connectivity index (χ1n) is 8.34. The van der Waals surface area contributed by atoms with Crippen LogP contribution in [0, 0.1) is 11.2 Å². The molecule has 5 nitrogen and oxygen atoms in total. The first kappa shape index (κ1) is 15.6. The summed E-state index contributed by atoms with van der Waals surface area (Å²) in [6, 6.07) is 4.92. The average Bonchev–Trinajstić information content (AvgIpc) is 3.23. The van der Waals surface area contributed by atoms with E-state index in [2.05, 4.69) is 9.88 Å². The predicted octanol–water partition coefficient (Wildman–Crippen LogP) is 2.87. The van der Waals surface area contributed by atoms with Crippen LogP contribution in [0.4, 0.5) is 4.39 Å². The molecule has 0 amide bonds. The molecular weight excluding hydrogens is 311 g/mol. The monoisotopic (exact) mass is 332 g/mol. The summed E-state index contributed by atoms with van der Waals surface area (Å²) in [4.78, 5) is 6.39. The van der Waals surface area contributed by atoms with Crippen molar-refractivity contribution in [2.75, 3.05) is 26.3 Å². The van der Waals surface area contributed by atoms with Crippen LogP contribution >= 0.6 is 0 Å². The van der Waals surface area contributed by atoms with Gasteiger partial charge in [-0.1, -0.05) is 0 Å². The normalized spacial score (nSPS) is 27.1. The number of nitrogens with zero attached hydrogens (tertiary/aromatic N) is 2. The third kappa shape index (κ3) is 3.03. The van der Waals surface area contributed by atoms with Crippen LogP contribution in [0.3, 0.4) is 0 Å². The molecule has 0 radical (unpaired) electrons. The molecule has 2 aliphatic heterocycles. The Labute approximate surface area is 140 Å². The largest absolute Gasteiger partial charge is 0.475 e. The summed E-state index contributed by atoms with van der Waals surface area (Å²) in [5.41, 5.74) is 1.06. The van der Waals surface area contributed by atoms with Crippen molar-refractivity contribution in [1.29, 1.82) is 0 Å². The second kappa shape index (κ2) is 6.53. The molecule has 6 heteroatoms. The Balaban J connectivity index is 1.46. The molecule has 4 rings (SSSR count). The van der Waals surface area contributed by atoms with Crippen LogP contribution in [0.1, 0.15) is 18.4 Å². The van der Waals surface area contributed by atoms with Crippen LogP contribution in [0.25, 0.3) is 0 Å². The Morgan fingerprint density at radius 3 is 3.21 bits per heavy atom. The summed E-state index contributed by atoms with van der Waals surface area (Å²) >= 11 is 0. The molecule has 0 saturated carbocycles. The van der Waals surface area contributed by atoms with Crippen LogP contribution in [0.15, 0.2) is 41.3 Å². The van der Waals surface area contributed by atoms with E-state index >= 15 is 0 Å². The number of hydrogen-bond acceptors (Lipinski definition) is 5. The molecule has 0 N–H and O–H groups in total. The van der Waals surface area contributed by atoms with Gasteiger partial charge in [0.25, 0.3) is 0 Å². The summed E-state index contributed by atoms with van der Waals surface area (Å²) in [5.74, 6) is -0.347. The smallest absolute Gasteiger partial charge is 0.250 e. The fraction of sp³-hybridized carbons (Fsp3) is 0.500. The van der Waals surface area contributed by atoms with Crippen molar-refractivity contribution in [2.24, 2.45) is 5.41 Å². The van der Waals surface area contributed by atoms with Crippen LogP contribution in [0.2, 0.25) is 0 Å². The van der Waals surface area contributed by atoms with Gasteiger partial charge >= 0.3 is 0 Å². The summed E-state index contributed by atoms with van der Waals surface area (Å²) in [6.07, 6.45) is 7.09. The van der Waals surface area contributed by atoms with Crippen LogP contribution in [-0.2, 0) is 11.3 Å². The van der Waals surface area contributed by atoms with Gasteiger partial charge in [0.15, 0.2) is 5.82 Å². The molecule has 2 atom stereocenters. The fourth-order valence-electron chi connectivity index (χ4n) is 3.81. The molecule has 2 fully saturated rings. The van der Waals surface area contributed by atoms with E-state index < -0.39 is 5.82 Å². The quantitative estimate of drug-likeness (QED) is 0.842. The Morgan fingerprint density at radius 1 is 1.42 bits per heavy atom. The lowest BCUT2D eigenvalue weighted by Gasteiger charge is -2.43. The number of rotatable bonds is 5. The molecule has 0 aliphatic carbocycles. The van der Waals surface area contributed by atoms with E-state index in [1.54, 1.807) is 24.8 Å². The Hall–Kier alpha value is -1.92. The number of ether oxygens (including phenoxy) is 2. The molecule has 2 aliphatic rings. The summed E-state index contributed by atoms with van der Waals surface area (Å²) in [5, 5.41) is 0. The summed E-state index contributed by atoms with van der Waals surface area (Å²) in [6.45, 7) is 3.86. The molecule has 0 bridgehead atoms. The maximum absolute atomic E-state index is 13.8. The van der Waals surface area contributed by atoms with Crippen molar-refractivity contribution in [3.8, 4) is 5.88 Å². The van der Waals surface area contributed by atoms with Crippen LogP contribution < -0.4 is 4.74 Å². The SMILES string of the molecule is Fc1cccnc1OC[C@]12CCO[C@H]1CCN(Cc1ccoc1)C2. The Kier molecular flexibility index (Phi) is 4.24. The molecule has 0 spiro atoms. The zero-order valence-electron chi connectivity index (χ0n) is 13.5. The molecule has 24 heavy (non-hydrogen) atoms. The van der Waals surface area contributed by atoms with E-state index in [1.165, 1.54) is 11.6 Å². The van der Waals surface area contributed by atoms with Gasteiger partial charge in [-0.25, -0.2) is 9.37 Å². The topological polar surface area (TPSA) is 47.7 Å². The van der Waals surface area contributed by atoms with E-state index in [4.69, 9.17) is 13.9 Å². The Morgan fingerprint density at radius 2 is 2.38 bits per heavy atom. The highest BCUT2D eigenvalue weighted by molar-refractivity contribution is 5.13. The molecule has 0 aromatic carbocycles. The first-order chi connectivity index (χ1) is 11.8. The highest BCUT2D eigenvalue weighted by Crippen LogP contribution is 2.41. The minimum absolute atomic E-state index is 0.0736. The van der Waals surface area contributed by atoms with Gasteiger partial charge in [0.1, 0.15) is 0 Å². The molecule has 2 aromatic heterocycles. The highest BCUT2D eigenvalue weighted by atomic mass is 19.1. The summed E-state index contributed by atoms with van der Waals surface area (Å²) < 4.78 is 30.6. The maximum Gasteiger partial charge on any atom is 0.250 e.